The minimum Gasteiger partial charge on any atom is -0.507 e. The topological polar surface area (TPSA) is 66.8 Å². The van der Waals surface area contributed by atoms with Gasteiger partial charge in [-0.3, -0.25) is 0 Å². The van der Waals surface area contributed by atoms with Crippen molar-refractivity contribution in [3.63, 3.8) is 0 Å². The third-order valence-electron chi connectivity index (χ3n) is 3.98. The molecule has 2 N–H and O–H groups in total. The number of phenols is 1. The zero-order chi connectivity index (χ0) is 19.9. The van der Waals surface area contributed by atoms with Crippen LogP contribution in [0, 0.1) is 6.92 Å². The van der Waals surface area contributed by atoms with Crippen molar-refractivity contribution in [3.05, 3.63) is 47.0 Å². The molecule has 0 aromatic heterocycles. The lowest BCUT2D eigenvalue weighted by atomic mass is 9.81. The molecule has 2 aromatic rings. The number of aromatic hydroxyl groups is 1. The number of carbonyl (C=O) groups is 1. The molecule has 140 valence electrons. The molecule has 2 rings (SSSR count). The van der Waals surface area contributed by atoms with Gasteiger partial charge in [0.25, 0.3) is 0 Å². The van der Waals surface area contributed by atoms with Gasteiger partial charge in [-0.15, -0.1) is 13.2 Å². The van der Waals surface area contributed by atoms with Crippen molar-refractivity contribution in [3.8, 4) is 22.6 Å². The van der Waals surface area contributed by atoms with Gasteiger partial charge < -0.3 is 14.9 Å². The predicted octanol–water partition coefficient (Wildman–Crippen LogP) is 5.26. The second kappa shape index (κ2) is 6.55. The predicted molar refractivity (Wildman–Crippen MR) is 90.6 cm³/mol. The SMILES string of the molecule is Cc1c(-c2ccc(OC(F)(F)F)cc2)cc(C(C)(C)C)c(O)c1C(=O)O. The van der Waals surface area contributed by atoms with Crippen molar-refractivity contribution in [2.24, 2.45) is 0 Å². The Bertz CT molecular complexity index is 832. The van der Waals surface area contributed by atoms with Crippen LogP contribution in [0.3, 0.4) is 0 Å². The Balaban J connectivity index is 2.62. The van der Waals surface area contributed by atoms with E-state index in [4.69, 9.17) is 0 Å². The van der Waals surface area contributed by atoms with Crippen LogP contribution in [0.1, 0.15) is 42.3 Å². The molecule has 0 saturated carbocycles. The lowest BCUT2D eigenvalue weighted by Gasteiger charge is -2.24. The highest BCUT2D eigenvalue weighted by atomic mass is 19.4. The monoisotopic (exact) mass is 368 g/mol. The van der Waals surface area contributed by atoms with Crippen molar-refractivity contribution in [1.82, 2.24) is 0 Å². The number of alkyl halides is 3. The molecule has 7 heteroatoms. The van der Waals surface area contributed by atoms with E-state index in [2.05, 4.69) is 4.74 Å². The van der Waals surface area contributed by atoms with Crippen LogP contribution in [0.15, 0.2) is 30.3 Å². The van der Waals surface area contributed by atoms with E-state index >= 15 is 0 Å². The molecule has 0 aliphatic carbocycles. The van der Waals surface area contributed by atoms with Crippen LogP contribution < -0.4 is 4.74 Å². The molecule has 0 amide bonds. The fourth-order valence-electron chi connectivity index (χ4n) is 2.74. The van der Waals surface area contributed by atoms with Gasteiger partial charge in [0.15, 0.2) is 0 Å². The van der Waals surface area contributed by atoms with E-state index in [0.29, 0.717) is 22.3 Å². The first kappa shape index (κ1) is 19.6. The second-order valence-corrected chi connectivity index (χ2v) is 6.95. The standard InChI is InChI=1S/C19H19F3O4/c1-10-13(11-5-7-12(8-6-11)26-19(20,21)22)9-14(18(2,3)4)16(23)15(10)17(24)25/h5-9,23H,1-4H3,(H,24,25). The van der Waals surface area contributed by atoms with Crippen LogP contribution in [-0.2, 0) is 5.41 Å². The van der Waals surface area contributed by atoms with E-state index in [9.17, 15) is 28.2 Å². The van der Waals surface area contributed by atoms with E-state index in [1.807, 2.05) is 20.8 Å². The molecular weight excluding hydrogens is 349 g/mol. The smallest absolute Gasteiger partial charge is 0.507 e. The lowest BCUT2D eigenvalue weighted by Crippen LogP contribution is -2.17. The quantitative estimate of drug-likeness (QED) is 0.775. The van der Waals surface area contributed by atoms with Crippen LogP contribution in [0.5, 0.6) is 11.5 Å². The maximum absolute atomic E-state index is 12.3. The summed E-state index contributed by atoms with van der Waals surface area (Å²) in [5, 5.41) is 19.9. The average Bonchev–Trinajstić information content (AvgIpc) is 2.45. The van der Waals surface area contributed by atoms with Gasteiger partial charge in [0.1, 0.15) is 17.1 Å². The summed E-state index contributed by atoms with van der Waals surface area (Å²) in [4.78, 5) is 11.6. The molecule has 4 nitrogen and oxygen atoms in total. The maximum Gasteiger partial charge on any atom is 0.573 e. The number of carboxylic acid groups (broad SMARTS) is 1. The Hall–Kier alpha value is -2.70. The van der Waals surface area contributed by atoms with E-state index < -0.39 is 17.7 Å². The van der Waals surface area contributed by atoms with Gasteiger partial charge in [-0.1, -0.05) is 32.9 Å². The van der Waals surface area contributed by atoms with Gasteiger partial charge in [0.2, 0.25) is 0 Å². The van der Waals surface area contributed by atoms with Crippen molar-refractivity contribution in [1.29, 1.82) is 0 Å². The van der Waals surface area contributed by atoms with Crippen molar-refractivity contribution in [2.75, 3.05) is 0 Å². The number of rotatable bonds is 3. The minimum atomic E-state index is -4.79. The second-order valence-electron chi connectivity index (χ2n) is 6.95. The highest BCUT2D eigenvalue weighted by Gasteiger charge is 2.31. The zero-order valence-corrected chi connectivity index (χ0v) is 14.7. The molecule has 0 bridgehead atoms. The van der Waals surface area contributed by atoms with E-state index in [1.54, 1.807) is 13.0 Å². The van der Waals surface area contributed by atoms with Gasteiger partial charge in [-0.05, 0) is 47.2 Å². The Morgan fingerprint density at radius 3 is 2.04 bits per heavy atom. The third kappa shape index (κ3) is 4.09. The zero-order valence-electron chi connectivity index (χ0n) is 14.7. The van der Waals surface area contributed by atoms with Crippen molar-refractivity contribution < 1.29 is 32.9 Å². The Labute approximate surface area is 148 Å². The van der Waals surface area contributed by atoms with Crippen molar-refractivity contribution in [2.45, 2.75) is 39.5 Å². The summed E-state index contributed by atoms with van der Waals surface area (Å²) in [6.07, 6.45) is -4.79. The normalized spacial score (nSPS) is 12.1. The molecule has 2 aromatic carbocycles. The molecule has 26 heavy (non-hydrogen) atoms. The van der Waals surface area contributed by atoms with E-state index in [1.165, 1.54) is 12.1 Å². The Kier molecular flexibility index (Phi) is 4.94. The molecule has 0 radical (unpaired) electrons. The average molecular weight is 368 g/mol. The van der Waals surface area contributed by atoms with Gasteiger partial charge >= 0.3 is 12.3 Å². The minimum absolute atomic E-state index is 0.219. The van der Waals surface area contributed by atoms with Crippen LogP contribution in [-0.4, -0.2) is 22.5 Å². The highest BCUT2D eigenvalue weighted by molar-refractivity contribution is 5.96. The largest absolute Gasteiger partial charge is 0.573 e. The Morgan fingerprint density at radius 1 is 1.08 bits per heavy atom. The number of hydrogen-bond donors (Lipinski definition) is 2. The molecule has 0 atom stereocenters. The summed E-state index contributed by atoms with van der Waals surface area (Å²) in [7, 11) is 0. The maximum atomic E-state index is 12.3. The first-order valence-electron chi connectivity index (χ1n) is 7.78. The van der Waals surface area contributed by atoms with Crippen LogP contribution in [0.25, 0.3) is 11.1 Å². The first-order valence-corrected chi connectivity index (χ1v) is 7.78. The summed E-state index contributed by atoms with van der Waals surface area (Å²) in [6, 6.07) is 6.81. The number of aromatic carboxylic acids is 1. The summed E-state index contributed by atoms with van der Waals surface area (Å²) in [5.74, 6) is -1.94. The number of benzene rings is 2. The molecular formula is C19H19F3O4. The molecule has 0 saturated heterocycles. The van der Waals surface area contributed by atoms with E-state index in [-0.39, 0.29) is 17.1 Å². The van der Waals surface area contributed by atoms with Crippen LogP contribution in [0.2, 0.25) is 0 Å². The Morgan fingerprint density at radius 2 is 1.62 bits per heavy atom. The molecule has 0 heterocycles. The highest BCUT2D eigenvalue weighted by Crippen LogP contribution is 2.40. The summed E-state index contributed by atoms with van der Waals surface area (Å²) < 4.78 is 40.7. The number of ether oxygens (including phenoxy) is 1. The molecule has 0 aliphatic rings. The molecule has 0 fully saturated rings. The van der Waals surface area contributed by atoms with Crippen LogP contribution >= 0.6 is 0 Å². The summed E-state index contributed by atoms with van der Waals surface area (Å²) >= 11 is 0. The lowest BCUT2D eigenvalue weighted by molar-refractivity contribution is -0.274. The first-order chi connectivity index (χ1) is 11.8. The summed E-state index contributed by atoms with van der Waals surface area (Å²) in [6.45, 7) is 7.03. The fourth-order valence-corrected chi connectivity index (χ4v) is 2.74. The van der Waals surface area contributed by atoms with Gasteiger partial charge in [0.05, 0.1) is 0 Å². The van der Waals surface area contributed by atoms with E-state index in [0.717, 1.165) is 12.1 Å². The van der Waals surface area contributed by atoms with Crippen molar-refractivity contribution >= 4 is 5.97 Å². The molecule has 0 spiro atoms. The van der Waals surface area contributed by atoms with Crippen LogP contribution in [0.4, 0.5) is 13.2 Å². The third-order valence-corrected chi connectivity index (χ3v) is 3.98. The summed E-state index contributed by atoms with van der Waals surface area (Å²) in [5.41, 5.74) is 1.05. The molecule has 0 aliphatic heterocycles. The number of hydrogen-bond acceptors (Lipinski definition) is 3. The fraction of sp³-hybridized carbons (Fsp3) is 0.316. The van der Waals surface area contributed by atoms with Gasteiger partial charge in [0, 0.05) is 5.56 Å². The van der Waals surface area contributed by atoms with Gasteiger partial charge in [-0.2, -0.15) is 0 Å². The number of halogens is 3. The molecule has 0 unspecified atom stereocenters. The van der Waals surface area contributed by atoms with Gasteiger partial charge in [-0.25, -0.2) is 4.79 Å². The number of carboxylic acids is 1.